The number of hydrogen-bond donors (Lipinski definition) is 0. The summed E-state index contributed by atoms with van der Waals surface area (Å²) >= 11 is 4.65. The Hall–Kier alpha value is -2.30. The molecule has 0 N–H and O–H groups in total. The van der Waals surface area contributed by atoms with Gasteiger partial charge in [0.05, 0.1) is 22.3 Å². The molecule has 0 spiro atoms. The van der Waals surface area contributed by atoms with Crippen LogP contribution >= 0.6 is 11.6 Å². The maximum Gasteiger partial charge on any atom is 0.433 e. The fourth-order valence-corrected chi connectivity index (χ4v) is 4.16. The monoisotopic (exact) mass is 427 g/mol. The Morgan fingerprint density at radius 1 is 1.25 bits per heavy atom. The predicted octanol–water partition coefficient (Wildman–Crippen LogP) is 4.08. The summed E-state index contributed by atoms with van der Waals surface area (Å²) in [6.45, 7) is 1.77. The van der Waals surface area contributed by atoms with Crippen LogP contribution in [0.4, 0.5) is 13.2 Å². The van der Waals surface area contributed by atoms with Gasteiger partial charge >= 0.3 is 6.18 Å². The van der Waals surface area contributed by atoms with Crippen molar-refractivity contribution in [1.29, 1.82) is 0 Å². The molecule has 0 aromatic carbocycles. The molecule has 1 unspecified atom stereocenters. The zero-order valence-corrected chi connectivity index (χ0v) is 16.2. The molecule has 0 saturated carbocycles. The Morgan fingerprint density at radius 3 is 2.68 bits per heavy atom. The van der Waals surface area contributed by atoms with Gasteiger partial charge in [0.25, 0.3) is 0 Å². The molecule has 0 amide bonds. The molecule has 4 aromatic heterocycles. The number of imidazole rings is 1. The molecule has 0 aliphatic heterocycles. The van der Waals surface area contributed by atoms with E-state index in [1.54, 1.807) is 36.9 Å². The summed E-state index contributed by atoms with van der Waals surface area (Å²) < 4.78 is 54.7. The first-order valence-corrected chi connectivity index (χ1v) is 9.86. The lowest BCUT2D eigenvalue weighted by molar-refractivity contribution is -0.141. The van der Waals surface area contributed by atoms with E-state index in [4.69, 9.17) is 11.6 Å². The van der Waals surface area contributed by atoms with Crippen molar-refractivity contribution in [3.05, 3.63) is 41.3 Å². The van der Waals surface area contributed by atoms with E-state index < -0.39 is 23.0 Å². The molecule has 11 heteroatoms. The smallest absolute Gasteiger partial charge is 0.433 e. The van der Waals surface area contributed by atoms with E-state index >= 15 is 0 Å². The van der Waals surface area contributed by atoms with Gasteiger partial charge in [0, 0.05) is 13.2 Å². The zero-order chi connectivity index (χ0) is 20.2. The van der Waals surface area contributed by atoms with E-state index in [1.165, 1.54) is 4.52 Å². The van der Waals surface area contributed by atoms with Gasteiger partial charge in [0.15, 0.2) is 11.5 Å². The first-order valence-electron chi connectivity index (χ1n) is 8.17. The van der Waals surface area contributed by atoms with Gasteiger partial charge in [-0.1, -0.05) is 11.6 Å². The quantitative estimate of drug-likeness (QED) is 0.462. The topological polar surface area (TPSA) is 71.1 Å². The van der Waals surface area contributed by atoms with Crippen LogP contribution < -0.4 is 0 Å². The third kappa shape index (κ3) is 3.01. The molecule has 0 radical (unpaired) electrons. The standard InChI is InChI=1S/C17H13ClF3N5OS/c1-3-28(27)15-11-5-4-9(18)8-26(11)24-14(15)16-23-10-6-13(17(19,20)21)22-7-12(10)25(16)2/h4-8H,3H2,1-2H3. The highest BCUT2D eigenvalue weighted by molar-refractivity contribution is 7.91. The average molecular weight is 428 g/mol. The summed E-state index contributed by atoms with van der Waals surface area (Å²) in [6.07, 6.45) is -1.87. The number of fused-ring (bicyclic) bond motifs is 2. The van der Waals surface area contributed by atoms with Crippen molar-refractivity contribution in [2.45, 2.75) is 18.0 Å². The van der Waals surface area contributed by atoms with Gasteiger partial charge in [-0.2, -0.15) is 18.3 Å². The third-order valence-electron chi connectivity index (χ3n) is 4.31. The molecule has 0 aliphatic carbocycles. The molecule has 4 aromatic rings. The summed E-state index contributed by atoms with van der Waals surface area (Å²) in [5.74, 6) is 0.647. The maximum absolute atomic E-state index is 13.0. The molecule has 146 valence electrons. The summed E-state index contributed by atoms with van der Waals surface area (Å²) in [5, 5.41) is 4.90. The fraction of sp³-hybridized carbons (Fsp3) is 0.235. The lowest BCUT2D eigenvalue weighted by atomic mass is 10.3. The molecular formula is C17H13ClF3N5OS. The minimum absolute atomic E-state index is 0.128. The second-order valence-electron chi connectivity index (χ2n) is 6.04. The molecule has 1 atom stereocenters. The van der Waals surface area contributed by atoms with Crippen molar-refractivity contribution >= 4 is 39.3 Å². The van der Waals surface area contributed by atoms with E-state index in [2.05, 4.69) is 15.1 Å². The Balaban J connectivity index is 1.99. The number of pyridine rings is 2. The van der Waals surface area contributed by atoms with Gasteiger partial charge in [-0.05, 0) is 36.3 Å². The number of aromatic nitrogens is 5. The van der Waals surface area contributed by atoms with Gasteiger partial charge in [-0.15, -0.1) is 0 Å². The van der Waals surface area contributed by atoms with Gasteiger partial charge in [0.1, 0.15) is 17.0 Å². The van der Waals surface area contributed by atoms with E-state index in [-0.39, 0.29) is 5.52 Å². The minimum atomic E-state index is -4.57. The van der Waals surface area contributed by atoms with Crippen LogP contribution in [0.1, 0.15) is 12.6 Å². The van der Waals surface area contributed by atoms with Crippen LogP contribution in [0.15, 0.2) is 35.5 Å². The lowest BCUT2D eigenvalue weighted by Crippen LogP contribution is -2.07. The number of hydrogen-bond acceptors (Lipinski definition) is 4. The van der Waals surface area contributed by atoms with Crippen molar-refractivity contribution in [2.24, 2.45) is 7.05 Å². The molecule has 0 bridgehead atoms. The van der Waals surface area contributed by atoms with Gasteiger partial charge < -0.3 is 9.12 Å². The summed E-state index contributed by atoms with van der Waals surface area (Å²) in [7, 11) is 1.65. The number of nitrogens with zero attached hydrogens (tertiary/aromatic N) is 5. The molecule has 0 fully saturated rings. The second-order valence-corrected chi connectivity index (χ2v) is 8.15. The van der Waals surface area contributed by atoms with Crippen LogP contribution in [-0.4, -0.2) is 34.5 Å². The SMILES string of the molecule is CC[S+]([O-])c1c(-c2nc3cc(C(F)(F)F)ncc3n2C)nn2cc(Cl)ccc12. The van der Waals surface area contributed by atoms with E-state index in [1.807, 2.05) is 0 Å². The highest BCUT2D eigenvalue weighted by atomic mass is 35.5. The van der Waals surface area contributed by atoms with Crippen molar-refractivity contribution in [2.75, 3.05) is 5.75 Å². The van der Waals surface area contributed by atoms with Crippen LogP contribution in [0.3, 0.4) is 0 Å². The summed E-state index contributed by atoms with van der Waals surface area (Å²) in [4.78, 5) is 8.28. The van der Waals surface area contributed by atoms with E-state index in [0.717, 1.165) is 12.3 Å². The molecule has 0 aliphatic rings. The first-order chi connectivity index (χ1) is 13.2. The van der Waals surface area contributed by atoms with Crippen LogP contribution in [0.5, 0.6) is 0 Å². The molecule has 4 heterocycles. The number of halogens is 4. The minimum Gasteiger partial charge on any atom is -0.611 e. The first kappa shape index (κ1) is 19.0. The van der Waals surface area contributed by atoms with Crippen LogP contribution in [0.25, 0.3) is 28.1 Å². The molecule has 0 saturated heterocycles. The lowest BCUT2D eigenvalue weighted by Gasteiger charge is -2.08. The van der Waals surface area contributed by atoms with Gasteiger partial charge in [-0.3, -0.25) is 0 Å². The van der Waals surface area contributed by atoms with Crippen molar-refractivity contribution in [3.63, 3.8) is 0 Å². The number of aryl methyl sites for hydroxylation is 1. The van der Waals surface area contributed by atoms with Gasteiger partial charge in [-0.25, -0.2) is 14.5 Å². The Kier molecular flexibility index (Phi) is 4.52. The highest BCUT2D eigenvalue weighted by Crippen LogP contribution is 2.34. The summed E-state index contributed by atoms with van der Waals surface area (Å²) in [5.41, 5.74) is 0.439. The van der Waals surface area contributed by atoms with Crippen LogP contribution in [0, 0.1) is 0 Å². The van der Waals surface area contributed by atoms with Crippen molar-refractivity contribution < 1.29 is 17.7 Å². The maximum atomic E-state index is 13.0. The average Bonchev–Trinajstić information content (AvgIpc) is 3.17. The van der Waals surface area contributed by atoms with E-state index in [9.17, 15) is 17.7 Å². The van der Waals surface area contributed by atoms with E-state index in [0.29, 0.717) is 38.2 Å². The van der Waals surface area contributed by atoms with Crippen molar-refractivity contribution in [1.82, 2.24) is 24.1 Å². The Morgan fingerprint density at radius 2 is 2.00 bits per heavy atom. The Labute approximate surface area is 165 Å². The Bertz CT molecular complexity index is 1200. The van der Waals surface area contributed by atoms with Crippen LogP contribution in [-0.2, 0) is 24.4 Å². The molecule has 6 nitrogen and oxygen atoms in total. The highest BCUT2D eigenvalue weighted by Gasteiger charge is 2.34. The third-order valence-corrected chi connectivity index (χ3v) is 5.91. The van der Waals surface area contributed by atoms with Crippen LogP contribution in [0.2, 0.25) is 5.02 Å². The fourth-order valence-electron chi connectivity index (χ4n) is 2.97. The molecule has 28 heavy (non-hydrogen) atoms. The molecular weight excluding hydrogens is 415 g/mol. The number of alkyl halides is 3. The summed E-state index contributed by atoms with van der Waals surface area (Å²) in [6, 6.07) is 4.25. The second kappa shape index (κ2) is 6.64. The largest absolute Gasteiger partial charge is 0.611 e. The normalized spacial score (nSPS) is 13.5. The molecule has 4 rings (SSSR count). The predicted molar refractivity (Wildman–Crippen MR) is 99.7 cm³/mol. The van der Waals surface area contributed by atoms with Gasteiger partial charge in [0.2, 0.25) is 4.90 Å². The number of rotatable bonds is 3. The zero-order valence-electron chi connectivity index (χ0n) is 14.7. The van der Waals surface area contributed by atoms with Crippen molar-refractivity contribution in [3.8, 4) is 11.5 Å².